The van der Waals surface area contributed by atoms with Crippen molar-refractivity contribution in [2.45, 2.75) is 19.4 Å². The molecule has 1 rings (SSSR count). The Bertz CT molecular complexity index is 86.5. The van der Waals surface area contributed by atoms with E-state index in [0.29, 0.717) is 5.92 Å². The number of hydrogen-bond donors (Lipinski definition) is 1. The monoisotopic (exact) mass is 132 g/mol. The lowest BCUT2D eigenvalue weighted by Gasteiger charge is -2.39. The largest absolute Gasteiger partial charge is 0.388 e. The van der Waals surface area contributed by atoms with Crippen molar-refractivity contribution < 1.29 is 5.11 Å². The van der Waals surface area contributed by atoms with E-state index in [1.807, 2.05) is 11.8 Å². The lowest BCUT2D eigenvalue weighted by Crippen LogP contribution is -2.47. The van der Waals surface area contributed by atoms with Crippen LogP contribution in [-0.2, 0) is 0 Å². The fourth-order valence-electron chi connectivity index (χ4n) is 0.645. The van der Waals surface area contributed by atoms with Gasteiger partial charge >= 0.3 is 0 Å². The second-order valence-electron chi connectivity index (χ2n) is 2.75. The Morgan fingerprint density at radius 1 is 1.50 bits per heavy atom. The summed E-state index contributed by atoms with van der Waals surface area (Å²) in [6.07, 6.45) is 0. The van der Waals surface area contributed by atoms with Gasteiger partial charge in [-0.1, -0.05) is 13.8 Å². The second kappa shape index (κ2) is 1.92. The van der Waals surface area contributed by atoms with Crippen molar-refractivity contribution >= 4 is 11.8 Å². The quantitative estimate of drug-likeness (QED) is 0.577. The minimum Gasteiger partial charge on any atom is -0.388 e. The minimum atomic E-state index is -0.315. The molecule has 0 unspecified atom stereocenters. The van der Waals surface area contributed by atoms with Gasteiger partial charge in [-0.25, -0.2) is 0 Å². The zero-order valence-electron chi connectivity index (χ0n) is 5.35. The highest BCUT2D eigenvalue weighted by Gasteiger charge is 2.37. The average Bonchev–Trinajstić information content (AvgIpc) is 1.60. The Balaban J connectivity index is 2.41. The molecule has 0 aliphatic carbocycles. The summed E-state index contributed by atoms with van der Waals surface area (Å²) in [6.45, 7) is 4.14. The van der Waals surface area contributed by atoms with Gasteiger partial charge in [0.1, 0.15) is 0 Å². The van der Waals surface area contributed by atoms with Crippen molar-refractivity contribution in [2.24, 2.45) is 5.92 Å². The van der Waals surface area contributed by atoms with Gasteiger partial charge in [0.2, 0.25) is 0 Å². The molecule has 48 valence electrons. The Morgan fingerprint density at radius 3 is 2.00 bits per heavy atom. The van der Waals surface area contributed by atoms with Gasteiger partial charge in [-0.3, -0.25) is 0 Å². The van der Waals surface area contributed by atoms with Crippen molar-refractivity contribution in [1.29, 1.82) is 0 Å². The van der Waals surface area contributed by atoms with Crippen LogP contribution in [0.1, 0.15) is 13.8 Å². The predicted octanol–water partition coefficient (Wildman–Crippen LogP) is 1.12. The van der Waals surface area contributed by atoms with E-state index >= 15 is 0 Å². The summed E-state index contributed by atoms with van der Waals surface area (Å²) in [6, 6.07) is 0. The molecular formula is C6H12OS. The van der Waals surface area contributed by atoms with Crippen molar-refractivity contribution in [2.75, 3.05) is 11.5 Å². The summed E-state index contributed by atoms with van der Waals surface area (Å²) in [5.41, 5.74) is -0.315. The third-order valence-corrected chi connectivity index (χ3v) is 3.19. The van der Waals surface area contributed by atoms with Gasteiger partial charge < -0.3 is 5.11 Å². The lowest BCUT2D eigenvalue weighted by molar-refractivity contribution is 0.0313. The van der Waals surface area contributed by atoms with E-state index in [1.165, 1.54) is 0 Å². The maximum atomic E-state index is 9.47. The van der Waals surface area contributed by atoms with Crippen LogP contribution < -0.4 is 0 Å². The van der Waals surface area contributed by atoms with Crippen molar-refractivity contribution in [3.63, 3.8) is 0 Å². The fourth-order valence-corrected chi connectivity index (χ4v) is 1.93. The molecule has 0 bridgehead atoms. The molecule has 1 heterocycles. The molecule has 2 heteroatoms. The van der Waals surface area contributed by atoms with Crippen LogP contribution in [0.15, 0.2) is 0 Å². The molecule has 8 heavy (non-hydrogen) atoms. The summed E-state index contributed by atoms with van der Waals surface area (Å²) in [7, 11) is 0. The van der Waals surface area contributed by atoms with E-state index in [-0.39, 0.29) is 5.60 Å². The minimum absolute atomic E-state index is 0.315. The number of aliphatic hydroxyl groups is 1. The third kappa shape index (κ3) is 0.869. The van der Waals surface area contributed by atoms with Crippen molar-refractivity contribution in [3.05, 3.63) is 0 Å². The molecule has 1 aliphatic rings. The van der Waals surface area contributed by atoms with E-state index in [0.717, 1.165) is 11.5 Å². The molecule has 1 aliphatic heterocycles. The second-order valence-corrected chi connectivity index (χ2v) is 3.74. The molecule has 0 saturated carbocycles. The highest BCUT2D eigenvalue weighted by Crippen LogP contribution is 2.34. The van der Waals surface area contributed by atoms with E-state index in [1.54, 1.807) is 0 Å². The molecule has 1 saturated heterocycles. The number of thioether (sulfide) groups is 1. The van der Waals surface area contributed by atoms with Crippen LogP contribution in [0.2, 0.25) is 0 Å². The van der Waals surface area contributed by atoms with Crippen LogP contribution in [0.4, 0.5) is 0 Å². The van der Waals surface area contributed by atoms with Gasteiger partial charge in [-0.05, 0) is 5.92 Å². The van der Waals surface area contributed by atoms with Crippen LogP contribution in [0.3, 0.4) is 0 Å². The van der Waals surface area contributed by atoms with Gasteiger partial charge in [0, 0.05) is 11.5 Å². The topological polar surface area (TPSA) is 20.2 Å². The molecule has 0 atom stereocenters. The first-order valence-corrected chi connectivity index (χ1v) is 4.11. The highest BCUT2D eigenvalue weighted by molar-refractivity contribution is 8.00. The maximum absolute atomic E-state index is 9.47. The SMILES string of the molecule is CC(C)C1(O)CSC1. The first kappa shape index (κ1) is 6.43. The smallest absolute Gasteiger partial charge is 0.0850 e. The predicted molar refractivity (Wildman–Crippen MR) is 37.1 cm³/mol. The van der Waals surface area contributed by atoms with Crippen molar-refractivity contribution in [1.82, 2.24) is 0 Å². The van der Waals surface area contributed by atoms with Crippen LogP contribution in [0.5, 0.6) is 0 Å². The number of hydrogen-bond acceptors (Lipinski definition) is 2. The molecular weight excluding hydrogens is 120 g/mol. The summed E-state index contributed by atoms with van der Waals surface area (Å²) < 4.78 is 0. The summed E-state index contributed by atoms with van der Waals surface area (Å²) >= 11 is 1.82. The Labute approximate surface area is 54.5 Å². The van der Waals surface area contributed by atoms with Gasteiger partial charge in [0.25, 0.3) is 0 Å². The average molecular weight is 132 g/mol. The van der Waals surface area contributed by atoms with Gasteiger partial charge in [-0.15, -0.1) is 0 Å². The molecule has 1 fully saturated rings. The van der Waals surface area contributed by atoms with E-state index in [4.69, 9.17) is 0 Å². The fraction of sp³-hybridized carbons (Fsp3) is 1.00. The molecule has 1 N–H and O–H groups in total. The molecule has 1 nitrogen and oxygen atoms in total. The first-order chi connectivity index (χ1) is 3.65. The van der Waals surface area contributed by atoms with E-state index in [9.17, 15) is 5.11 Å². The zero-order chi connectivity index (χ0) is 6.20. The van der Waals surface area contributed by atoms with Gasteiger partial charge in [0.05, 0.1) is 5.60 Å². The zero-order valence-corrected chi connectivity index (χ0v) is 6.16. The normalized spacial score (nSPS) is 25.5. The van der Waals surface area contributed by atoms with Crippen LogP contribution >= 0.6 is 11.8 Å². The molecule has 0 amide bonds. The summed E-state index contributed by atoms with van der Waals surface area (Å²) in [4.78, 5) is 0. The Kier molecular flexibility index (Phi) is 1.54. The molecule has 0 radical (unpaired) electrons. The van der Waals surface area contributed by atoms with Crippen LogP contribution in [-0.4, -0.2) is 22.2 Å². The van der Waals surface area contributed by atoms with Crippen molar-refractivity contribution in [3.8, 4) is 0 Å². The standard InChI is InChI=1S/C6H12OS/c1-5(2)6(7)3-8-4-6/h5,7H,3-4H2,1-2H3. The van der Waals surface area contributed by atoms with Crippen LogP contribution in [0.25, 0.3) is 0 Å². The van der Waals surface area contributed by atoms with E-state index in [2.05, 4.69) is 13.8 Å². The molecule has 0 aromatic heterocycles. The molecule has 0 spiro atoms. The number of rotatable bonds is 1. The van der Waals surface area contributed by atoms with Gasteiger partial charge in [0.15, 0.2) is 0 Å². The highest BCUT2D eigenvalue weighted by atomic mass is 32.2. The first-order valence-electron chi connectivity index (χ1n) is 2.95. The summed E-state index contributed by atoms with van der Waals surface area (Å²) in [5.74, 6) is 2.30. The summed E-state index contributed by atoms with van der Waals surface area (Å²) in [5, 5.41) is 9.47. The maximum Gasteiger partial charge on any atom is 0.0850 e. The molecule has 0 aromatic carbocycles. The Hall–Kier alpha value is 0.310. The van der Waals surface area contributed by atoms with E-state index < -0.39 is 0 Å². The molecule has 0 aromatic rings. The lowest BCUT2D eigenvalue weighted by atomic mass is 9.94. The Morgan fingerprint density at radius 2 is 2.00 bits per heavy atom. The van der Waals surface area contributed by atoms with Gasteiger partial charge in [-0.2, -0.15) is 11.8 Å². The van der Waals surface area contributed by atoms with Crippen LogP contribution in [0, 0.1) is 5.92 Å². The third-order valence-electron chi connectivity index (χ3n) is 1.78.